The number of methoxy groups -OCH3 is 1. The lowest BCUT2D eigenvalue weighted by molar-refractivity contribution is 0.0942. The average Bonchev–Trinajstić information content (AvgIpc) is 3.08. The Morgan fingerprint density at radius 2 is 2.04 bits per heavy atom. The molecule has 0 aliphatic rings. The number of nitrogens with zero attached hydrogens (tertiary/aromatic N) is 2. The lowest BCUT2D eigenvalue weighted by atomic mass is 10.2. The molecule has 0 aliphatic heterocycles. The minimum absolute atomic E-state index is 0.0248. The Labute approximate surface area is 135 Å². The van der Waals surface area contributed by atoms with E-state index in [0.29, 0.717) is 25.4 Å². The number of fused-ring (bicyclic) bond motifs is 3. The Kier molecular flexibility index (Phi) is 4.39. The maximum atomic E-state index is 12.5. The van der Waals surface area contributed by atoms with Gasteiger partial charge in [-0.05, 0) is 18.6 Å². The molecule has 0 radical (unpaired) electrons. The van der Waals surface area contributed by atoms with E-state index < -0.39 is 0 Å². The van der Waals surface area contributed by atoms with Crippen LogP contribution in [0.1, 0.15) is 23.8 Å². The Hall–Kier alpha value is -2.27. The molecule has 0 fully saturated rings. The van der Waals surface area contributed by atoms with Crippen molar-refractivity contribution in [2.24, 2.45) is 7.05 Å². The quantitative estimate of drug-likeness (QED) is 0.760. The van der Waals surface area contributed by atoms with Crippen LogP contribution in [0, 0.1) is 0 Å². The number of rotatable bonds is 6. The van der Waals surface area contributed by atoms with Crippen LogP contribution >= 0.6 is 0 Å². The van der Waals surface area contributed by atoms with Crippen LogP contribution in [0.3, 0.4) is 0 Å². The van der Waals surface area contributed by atoms with Gasteiger partial charge in [-0.25, -0.2) is 0 Å². The number of ether oxygens (including phenoxy) is 1. The summed E-state index contributed by atoms with van der Waals surface area (Å²) in [4.78, 5) is 12.5. The molecule has 0 saturated heterocycles. The van der Waals surface area contributed by atoms with Crippen molar-refractivity contribution in [1.82, 2.24) is 14.5 Å². The largest absolute Gasteiger partial charge is 0.383 e. The van der Waals surface area contributed by atoms with Gasteiger partial charge in [0.15, 0.2) is 0 Å². The minimum atomic E-state index is -0.0248. The highest BCUT2D eigenvalue weighted by Crippen LogP contribution is 2.30. The van der Waals surface area contributed by atoms with Crippen LogP contribution in [-0.2, 0) is 18.3 Å². The van der Waals surface area contributed by atoms with E-state index >= 15 is 0 Å². The summed E-state index contributed by atoms with van der Waals surface area (Å²) >= 11 is 0. The zero-order valence-electron chi connectivity index (χ0n) is 13.9. The van der Waals surface area contributed by atoms with Crippen LogP contribution in [0.15, 0.2) is 30.3 Å². The molecule has 5 nitrogen and oxygen atoms in total. The van der Waals surface area contributed by atoms with Gasteiger partial charge in [-0.3, -0.25) is 4.79 Å². The summed E-state index contributed by atoms with van der Waals surface area (Å²) < 4.78 is 9.46. The second-order valence-corrected chi connectivity index (χ2v) is 5.74. The zero-order valence-corrected chi connectivity index (χ0v) is 13.9. The van der Waals surface area contributed by atoms with Gasteiger partial charge in [-0.15, -0.1) is 0 Å². The van der Waals surface area contributed by atoms with Gasteiger partial charge in [0.1, 0.15) is 5.69 Å². The molecule has 5 heteroatoms. The van der Waals surface area contributed by atoms with Gasteiger partial charge in [0, 0.05) is 32.6 Å². The highest BCUT2D eigenvalue weighted by molar-refractivity contribution is 6.10. The molecule has 1 aromatic carbocycles. The zero-order chi connectivity index (χ0) is 16.4. The molecule has 0 saturated carbocycles. The Morgan fingerprint density at radius 3 is 2.78 bits per heavy atom. The molecule has 1 N–H and O–H groups in total. The van der Waals surface area contributed by atoms with Crippen molar-refractivity contribution in [3.8, 4) is 0 Å². The number of amides is 1. The lowest BCUT2D eigenvalue weighted by Gasteiger charge is -2.10. The third-order valence-electron chi connectivity index (χ3n) is 4.25. The lowest BCUT2D eigenvalue weighted by Crippen LogP contribution is -2.27. The third-order valence-corrected chi connectivity index (χ3v) is 4.25. The maximum absolute atomic E-state index is 12.5. The van der Waals surface area contributed by atoms with E-state index in [9.17, 15) is 4.79 Å². The number of nitrogens with one attached hydrogen (secondary N) is 1. The molecule has 3 rings (SSSR count). The van der Waals surface area contributed by atoms with Gasteiger partial charge in [-0.2, -0.15) is 0 Å². The summed E-state index contributed by atoms with van der Waals surface area (Å²) in [6.07, 6.45) is 0.924. The van der Waals surface area contributed by atoms with Gasteiger partial charge in [0.05, 0.1) is 23.2 Å². The molecule has 0 atom stereocenters. The molecule has 2 aromatic heterocycles. The summed E-state index contributed by atoms with van der Waals surface area (Å²) in [5.74, 6) is -0.0248. The first-order valence-electron chi connectivity index (χ1n) is 8.02. The van der Waals surface area contributed by atoms with Crippen LogP contribution in [0.4, 0.5) is 0 Å². The molecule has 0 spiro atoms. The van der Waals surface area contributed by atoms with Crippen LogP contribution in [0.5, 0.6) is 0 Å². The third kappa shape index (κ3) is 2.61. The molecular weight excluding hydrogens is 290 g/mol. The van der Waals surface area contributed by atoms with E-state index in [2.05, 4.69) is 26.6 Å². The average molecular weight is 313 g/mol. The first-order chi connectivity index (χ1) is 11.2. The highest BCUT2D eigenvalue weighted by Gasteiger charge is 2.20. The maximum Gasteiger partial charge on any atom is 0.268 e. The molecule has 122 valence electrons. The molecular formula is C18H23N3O2. The summed E-state index contributed by atoms with van der Waals surface area (Å²) in [6.45, 7) is 3.96. The van der Waals surface area contributed by atoms with Gasteiger partial charge < -0.3 is 19.2 Å². The first kappa shape index (κ1) is 15.6. The number of hydrogen-bond donors (Lipinski definition) is 1. The van der Waals surface area contributed by atoms with Gasteiger partial charge in [0.2, 0.25) is 0 Å². The van der Waals surface area contributed by atoms with Gasteiger partial charge >= 0.3 is 0 Å². The molecule has 1 amide bonds. The van der Waals surface area contributed by atoms with Crippen molar-refractivity contribution in [1.29, 1.82) is 0 Å². The minimum Gasteiger partial charge on any atom is -0.383 e. The number of para-hydroxylation sites is 1. The number of aryl methyl sites for hydroxylation is 1. The number of carbonyl (C=O) groups excluding carboxylic acids is 1. The Bertz CT molecular complexity index is 845. The van der Waals surface area contributed by atoms with Crippen molar-refractivity contribution >= 4 is 27.8 Å². The van der Waals surface area contributed by atoms with Crippen molar-refractivity contribution in [3.63, 3.8) is 0 Å². The fourth-order valence-corrected chi connectivity index (χ4v) is 3.10. The number of benzene rings is 1. The van der Waals surface area contributed by atoms with Gasteiger partial charge in [-0.1, -0.05) is 25.1 Å². The number of hydrogen-bond acceptors (Lipinski definition) is 2. The fraction of sp³-hybridized carbons (Fsp3) is 0.389. The molecule has 0 unspecified atom stereocenters. The van der Waals surface area contributed by atoms with Crippen molar-refractivity contribution < 1.29 is 9.53 Å². The van der Waals surface area contributed by atoms with E-state index in [-0.39, 0.29) is 5.91 Å². The van der Waals surface area contributed by atoms with Crippen molar-refractivity contribution in [2.45, 2.75) is 19.9 Å². The predicted octanol–water partition coefficient (Wildman–Crippen LogP) is 2.92. The molecule has 3 aromatic rings. The van der Waals surface area contributed by atoms with Crippen LogP contribution in [0.2, 0.25) is 0 Å². The molecule has 0 bridgehead atoms. The van der Waals surface area contributed by atoms with Crippen LogP contribution in [0.25, 0.3) is 21.9 Å². The van der Waals surface area contributed by atoms with Crippen LogP contribution in [-0.4, -0.2) is 35.3 Å². The molecule has 2 heterocycles. The van der Waals surface area contributed by atoms with Crippen molar-refractivity contribution in [2.75, 3.05) is 20.3 Å². The molecule has 0 aliphatic carbocycles. The second-order valence-electron chi connectivity index (χ2n) is 5.74. The predicted molar refractivity (Wildman–Crippen MR) is 92.9 cm³/mol. The van der Waals surface area contributed by atoms with Gasteiger partial charge in [0.25, 0.3) is 5.91 Å². The van der Waals surface area contributed by atoms with Crippen LogP contribution < -0.4 is 5.32 Å². The normalized spacial score (nSPS) is 11.4. The standard InChI is InChI=1S/C18H23N3O2/c1-4-9-19-18(22)16-12-15-17(21(16)10-11-23-3)13-7-5-6-8-14(13)20(15)2/h5-8,12H,4,9-11H2,1-3H3,(H,19,22). The van der Waals surface area contributed by atoms with E-state index in [0.717, 1.165) is 22.8 Å². The second kappa shape index (κ2) is 6.46. The van der Waals surface area contributed by atoms with E-state index in [1.54, 1.807) is 7.11 Å². The fourth-order valence-electron chi connectivity index (χ4n) is 3.10. The first-order valence-corrected chi connectivity index (χ1v) is 8.02. The van der Waals surface area contributed by atoms with E-state index in [1.807, 2.05) is 32.2 Å². The van der Waals surface area contributed by atoms with E-state index in [1.165, 1.54) is 5.52 Å². The number of carbonyl (C=O) groups is 1. The Balaban J connectivity index is 2.20. The monoisotopic (exact) mass is 313 g/mol. The summed E-state index contributed by atoms with van der Waals surface area (Å²) in [5.41, 5.74) is 4.04. The summed E-state index contributed by atoms with van der Waals surface area (Å²) in [6, 6.07) is 10.3. The van der Waals surface area contributed by atoms with Crippen molar-refractivity contribution in [3.05, 3.63) is 36.0 Å². The van der Waals surface area contributed by atoms with E-state index in [4.69, 9.17) is 4.74 Å². The molecule has 23 heavy (non-hydrogen) atoms. The summed E-state index contributed by atoms with van der Waals surface area (Å²) in [7, 11) is 3.72. The summed E-state index contributed by atoms with van der Waals surface area (Å²) in [5, 5.41) is 4.14. The number of aromatic nitrogens is 2. The topological polar surface area (TPSA) is 48.2 Å². The highest BCUT2D eigenvalue weighted by atomic mass is 16.5. The SMILES string of the molecule is CCCNC(=O)c1cc2c(c3ccccc3n2C)n1CCOC. The Morgan fingerprint density at radius 1 is 1.26 bits per heavy atom. The smallest absolute Gasteiger partial charge is 0.268 e.